The van der Waals surface area contributed by atoms with Gasteiger partial charge in [-0.05, 0) is 12.3 Å². The first-order chi connectivity index (χ1) is 5.29. The van der Waals surface area contributed by atoms with Crippen molar-refractivity contribution in [3.05, 3.63) is 24.3 Å². The summed E-state index contributed by atoms with van der Waals surface area (Å²) in [5.41, 5.74) is 0. The fourth-order valence-electron chi connectivity index (χ4n) is 1.03. The fourth-order valence-corrected chi connectivity index (χ4v) is 1.03. The van der Waals surface area contributed by atoms with Crippen LogP contribution in [0, 0.1) is 5.92 Å². The maximum absolute atomic E-state index is 5.45. The van der Waals surface area contributed by atoms with Crippen LogP contribution in [0.5, 0.6) is 0 Å². The molecule has 62 valence electrons. The highest BCUT2D eigenvalue weighted by Gasteiger charge is 2.04. The maximum Gasteiger partial charge on any atom is 0.0794 e. The first-order valence-corrected chi connectivity index (χ1v) is 4.24. The van der Waals surface area contributed by atoms with Crippen LogP contribution in [-0.2, 0) is 4.74 Å². The van der Waals surface area contributed by atoms with E-state index in [0.717, 1.165) is 13.0 Å². The topological polar surface area (TPSA) is 9.23 Å². The summed E-state index contributed by atoms with van der Waals surface area (Å²) in [7, 11) is 0. The lowest BCUT2D eigenvalue weighted by Gasteiger charge is -2.14. The van der Waals surface area contributed by atoms with Crippen LogP contribution in [0.3, 0.4) is 0 Å². The summed E-state index contributed by atoms with van der Waals surface area (Å²) < 4.78 is 5.45. The molecule has 1 rings (SSSR count). The third kappa shape index (κ3) is 3.38. The second-order valence-corrected chi connectivity index (χ2v) is 3.21. The van der Waals surface area contributed by atoms with E-state index in [1.807, 2.05) is 0 Å². The van der Waals surface area contributed by atoms with Gasteiger partial charge >= 0.3 is 0 Å². The van der Waals surface area contributed by atoms with Crippen molar-refractivity contribution in [2.24, 2.45) is 5.92 Å². The lowest BCUT2D eigenvalue weighted by molar-refractivity contribution is 0.102. The molecule has 0 aromatic heterocycles. The Morgan fingerprint density at radius 1 is 1.45 bits per heavy atom. The van der Waals surface area contributed by atoms with E-state index in [1.165, 1.54) is 0 Å². The van der Waals surface area contributed by atoms with Gasteiger partial charge in [-0.1, -0.05) is 38.2 Å². The normalized spacial score (nSPS) is 25.2. The molecule has 1 heterocycles. The summed E-state index contributed by atoms with van der Waals surface area (Å²) in [4.78, 5) is 0. The molecule has 1 aliphatic rings. The Hall–Kier alpha value is -0.560. The van der Waals surface area contributed by atoms with Crippen LogP contribution in [0.15, 0.2) is 24.3 Å². The summed E-state index contributed by atoms with van der Waals surface area (Å²) in [5.74, 6) is 0.629. The van der Waals surface area contributed by atoms with E-state index in [0.29, 0.717) is 12.0 Å². The quantitative estimate of drug-likeness (QED) is 0.552. The van der Waals surface area contributed by atoms with Crippen LogP contribution in [0.4, 0.5) is 0 Å². The van der Waals surface area contributed by atoms with Crippen LogP contribution < -0.4 is 0 Å². The molecule has 0 unspecified atom stereocenters. The molecule has 1 aliphatic heterocycles. The molecule has 0 amide bonds. The summed E-state index contributed by atoms with van der Waals surface area (Å²) >= 11 is 0. The first-order valence-electron chi connectivity index (χ1n) is 4.24. The van der Waals surface area contributed by atoms with Gasteiger partial charge in [0.2, 0.25) is 0 Å². The molecule has 0 fully saturated rings. The van der Waals surface area contributed by atoms with Crippen molar-refractivity contribution in [1.29, 1.82) is 0 Å². The van der Waals surface area contributed by atoms with Crippen molar-refractivity contribution in [2.45, 2.75) is 26.4 Å². The molecule has 1 atom stereocenters. The molecule has 0 N–H and O–H groups in total. The van der Waals surface area contributed by atoms with E-state index >= 15 is 0 Å². The minimum absolute atomic E-state index is 0.322. The van der Waals surface area contributed by atoms with Crippen LogP contribution in [0.1, 0.15) is 20.3 Å². The molecule has 0 aromatic rings. The Bertz CT molecular complexity index is 156. The molecule has 0 radical (unpaired) electrons. The molecule has 0 saturated carbocycles. The van der Waals surface area contributed by atoms with Crippen LogP contribution in [0.2, 0.25) is 0 Å². The smallest absolute Gasteiger partial charge is 0.0794 e. The van der Waals surface area contributed by atoms with Crippen LogP contribution >= 0.6 is 0 Å². The zero-order chi connectivity index (χ0) is 8.10. The van der Waals surface area contributed by atoms with Gasteiger partial charge < -0.3 is 4.74 Å². The monoisotopic (exact) mass is 152 g/mol. The second kappa shape index (κ2) is 4.35. The molecule has 0 saturated heterocycles. The SMILES string of the molecule is CC(C)/C=C/[C@@H]1CC=CCO1. The van der Waals surface area contributed by atoms with E-state index in [4.69, 9.17) is 4.74 Å². The Balaban J connectivity index is 2.31. The third-order valence-corrected chi connectivity index (χ3v) is 1.65. The first kappa shape index (κ1) is 8.54. The number of ether oxygens (including phenoxy) is 1. The molecule has 1 heteroatoms. The minimum Gasteiger partial charge on any atom is -0.370 e. The number of hydrogen-bond acceptors (Lipinski definition) is 1. The van der Waals surface area contributed by atoms with Gasteiger partial charge in [0.25, 0.3) is 0 Å². The molecular weight excluding hydrogens is 136 g/mol. The Morgan fingerprint density at radius 2 is 2.27 bits per heavy atom. The van der Waals surface area contributed by atoms with Gasteiger partial charge in [-0.3, -0.25) is 0 Å². The second-order valence-electron chi connectivity index (χ2n) is 3.21. The van der Waals surface area contributed by atoms with Crippen molar-refractivity contribution in [3.8, 4) is 0 Å². The van der Waals surface area contributed by atoms with E-state index in [-0.39, 0.29) is 0 Å². The molecule has 0 spiro atoms. The van der Waals surface area contributed by atoms with Crippen LogP contribution in [-0.4, -0.2) is 12.7 Å². The number of rotatable bonds is 2. The van der Waals surface area contributed by atoms with Crippen molar-refractivity contribution in [2.75, 3.05) is 6.61 Å². The van der Waals surface area contributed by atoms with Gasteiger partial charge in [-0.15, -0.1) is 0 Å². The van der Waals surface area contributed by atoms with Gasteiger partial charge in [0, 0.05) is 0 Å². The zero-order valence-corrected chi connectivity index (χ0v) is 7.29. The molecule has 1 nitrogen and oxygen atoms in total. The van der Waals surface area contributed by atoms with Crippen molar-refractivity contribution < 1.29 is 4.74 Å². The molecule has 0 aliphatic carbocycles. The largest absolute Gasteiger partial charge is 0.370 e. The fraction of sp³-hybridized carbons (Fsp3) is 0.600. The van der Waals surface area contributed by atoms with Gasteiger partial charge in [0.05, 0.1) is 12.7 Å². The van der Waals surface area contributed by atoms with Crippen molar-refractivity contribution in [3.63, 3.8) is 0 Å². The lowest BCUT2D eigenvalue weighted by atomic mass is 10.1. The van der Waals surface area contributed by atoms with E-state index in [1.54, 1.807) is 0 Å². The van der Waals surface area contributed by atoms with E-state index in [9.17, 15) is 0 Å². The highest BCUT2D eigenvalue weighted by molar-refractivity contribution is 4.99. The zero-order valence-electron chi connectivity index (χ0n) is 7.29. The van der Waals surface area contributed by atoms with Crippen LogP contribution in [0.25, 0.3) is 0 Å². The highest BCUT2D eigenvalue weighted by atomic mass is 16.5. The molecule has 0 bridgehead atoms. The third-order valence-electron chi connectivity index (χ3n) is 1.65. The number of hydrogen-bond donors (Lipinski definition) is 0. The number of allylic oxidation sites excluding steroid dienone is 1. The maximum atomic E-state index is 5.45. The Morgan fingerprint density at radius 3 is 2.82 bits per heavy atom. The predicted molar refractivity (Wildman–Crippen MR) is 47.5 cm³/mol. The summed E-state index contributed by atoms with van der Waals surface area (Å²) in [6, 6.07) is 0. The standard InChI is InChI=1S/C10H16O/c1-9(2)6-7-10-5-3-4-8-11-10/h3-4,6-7,9-10H,5,8H2,1-2H3/b7-6+/t10-/m0/s1. The highest BCUT2D eigenvalue weighted by Crippen LogP contribution is 2.08. The summed E-state index contributed by atoms with van der Waals surface area (Å²) in [6.07, 6.45) is 9.96. The molecule has 11 heavy (non-hydrogen) atoms. The van der Waals surface area contributed by atoms with Crippen molar-refractivity contribution >= 4 is 0 Å². The summed E-state index contributed by atoms with van der Waals surface area (Å²) in [6.45, 7) is 5.12. The van der Waals surface area contributed by atoms with Gasteiger partial charge in [0.1, 0.15) is 0 Å². The lowest BCUT2D eigenvalue weighted by Crippen LogP contribution is -2.12. The Labute approximate surface area is 68.8 Å². The minimum atomic E-state index is 0.322. The molecular formula is C10H16O. The predicted octanol–water partition coefficient (Wildman–Crippen LogP) is 2.54. The van der Waals surface area contributed by atoms with Crippen molar-refractivity contribution in [1.82, 2.24) is 0 Å². The summed E-state index contributed by atoms with van der Waals surface area (Å²) in [5, 5.41) is 0. The van der Waals surface area contributed by atoms with Gasteiger partial charge in [-0.25, -0.2) is 0 Å². The Kier molecular flexibility index (Phi) is 3.37. The van der Waals surface area contributed by atoms with Gasteiger partial charge in [0.15, 0.2) is 0 Å². The van der Waals surface area contributed by atoms with E-state index in [2.05, 4.69) is 38.2 Å². The average molecular weight is 152 g/mol. The molecule has 0 aromatic carbocycles. The van der Waals surface area contributed by atoms with Gasteiger partial charge in [-0.2, -0.15) is 0 Å². The van der Waals surface area contributed by atoms with E-state index < -0.39 is 0 Å². The average Bonchev–Trinajstić information content (AvgIpc) is 2.03.